The summed E-state index contributed by atoms with van der Waals surface area (Å²) in [4.78, 5) is 38.7. The number of nitrogens with two attached hydrogens (primary N) is 1. The molecule has 0 aliphatic heterocycles. The molecule has 3 rings (SSSR count). The van der Waals surface area contributed by atoms with Crippen LogP contribution in [0.4, 0.5) is 23.9 Å². The molecule has 3 aromatic rings. The molecule has 42 heavy (non-hydrogen) atoms. The molecule has 2 aromatic heterocycles. The molecule has 12 nitrogen and oxygen atoms in total. The molecule has 0 aliphatic carbocycles. The van der Waals surface area contributed by atoms with Gasteiger partial charge in [0.2, 0.25) is 18.3 Å². The Morgan fingerprint density at radius 3 is 2.45 bits per heavy atom. The standard InChI is InChI=1S/C21H25N5O5.C6H7F3N2/c1-4-7-14(5-2)12-31-21(29)23-8-6-9-26-18-16(25-20(26)24-13-27)10-15(19(22)28)11-17(18)30-3;1-4-3-11(2)10-5(4)6(7,8)9/h4-5,7,10-11,13H,1-2,6,8-9,12H2,3H3,(H2,22,28)(H,23,29)(H,24,25,27);3H,1-2H3/b14-7+;. The Morgan fingerprint density at radius 2 is 1.95 bits per heavy atom. The maximum absolute atomic E-state index is 12.0. The number of alkyl carbamates (subject to hydrolysis) is 1. The van der Waals surface area contributed by atoms with E-state index in [1.54, 1.807) is 22.8 Å². The van der Waals surface area contributed by atoms with Crippen molar-refractivity contribution in [3.8, 4) is 5.75 Å². The number of anilines is 1. The van der Waals surface area contributed by atoms with Crippen LogP contribution in [0.2, 0.25) is 0 Å². The van der Waals surface area contributed by atoms with Gasteiger partial charge in [-0.3, -0.25) is 19.6 Å². The molecule has 0 spiro atoms. The summed E-state index contributed by atoms with van der Waals surface area (Å²) in [5.74, 6) is 0.0404. The van der Waals surface area contributed by atoms with Gasteiger partial charge >= 0.3 is 12.3 Å². The SMILES string of the molecule is C=C/C=C(\C=C)COC(=O)NCCCn1c(NC=O)nc2cc(C(N)=O)cc(OC)c21.Cc1cn(C)nc1C(F)(F)F. The number of allylic oxidation sites excluding steroid dienone is 2. The van der Waals surface area contributed by atoms with Crippen molar-refractivity contribution >= 4 is 35.4 Å². The molecule has 0 aliphatic rings. The lowest BCUT2D eigenvalue weighted by atomic mass is 10.1. The number of rotatable bonds is 12. The third kappa shape index (κ3) is 8.97. The summed E-state index contributed by atoms with van der Waals surface area (Å²) in [6.45, 7) is 9.40. The number of halogens is 3. The summed E-state index contributed by atoms with van der Waals surface area (Å²) in [6, 6.07) is 3.04. The predicted molar refractivity (Wildman–Crippen MR) is 150 cm³/mol. The van der Waals surface area contributed by atoms with Crippen molar-refractivity contribution in [2.75, 3.05) is 25.6 Å². The van der Waals surface area contributed by atoms with Gasteiger partial charge < -0.3 is 25.1 Å². The van der Waals surface area contributed by atoms with Crippen molar-refractivity contribution in [1.29, 1.82) is 0 Å². The molecule has 0 bridgehead atoms. The first kappa shape index (κ1) is 33.1. The number of nitrogens with one attached hydrogen (secondary N) is 2. The monoisotopic (exact) mass is 591 g/mol. The Morgan fingerprint density at radius 1 is 1.24 bits per heavy atom. The van der Waals surface area contributed by atoms with Crippen molar-refractivity contribution in [3.63, 3.8) is 0 Å². The number of imidazole rings is 1. The number of carbonyl (C=O) groups is 3. The van der Waals surface area contributed by atoms with E-state index in [1.165, 1.54) is 39.4 Å². The highest BCUT2D eigenvalue weighted by molar-refractivity contribution is 5.99. The van der Waals surface area contributed by atoms with E-state index < -0.39 is 23.9 Å². The molecular weight excluding hydrogens is 559 g/mol. The van der Waals surface area contributed by atoms with E-state index in [2.05, 4.69) is 33.9 Å². The summed E-state index contributed by atoms with van der Waals surface area (Å²) >= 11 is 0. The van der Waals surface area contributed by atoms with Crippen LogP contribution in [-0.4, -0.2) is 58.0 Å². The molecular formula is C27H32F3N7O5. The molecule has 4 N–H and O–H groups in total. The van der Waals surface area contributed by atoms with E-state index in [9.17, 15) is 27.6 Å². The van der Waals surface area contributed by atoms with E-state index in [0.717, 1.165) is 10.3 Å². The maximum Gasteiger partial charge on any atom is 0.435 e. The average molecular weight is 592 g/mol. The van der Waals surface area contributed by atoms with Crippen LogP contribution in [0.1, 0.15) is 28.0 Å². The van der Waals surface area contributed by atoms with Gasteiger partial charge in [0.15, 0.2) is 5.69 Å². The largest absolute Gasteiger partial charge is 0.494 e. The van der Waals surface area contributed by atoms with Gasteiger partial charge in [0, 0.05) is 31.9 Å². The van der Waals surface area contributed by atoms with E-state index >= 15 is 0 Å². The zero-order valence-corrected chi connectivity index (χ0v) is 23.3. The summed E-state index contributed by atoms with van der Waals surface area (Å²) in [7, 11) is 2.92. The Hall–Kier alpha value is -5.08. The highest BCUT2D eigenvalue weighted by Crippen LogP contribution is 2.31. The summed E-state index contributed by atoms with van der Waals surface area (Å²) < 4.78 is 49.3. The molecule has 0 saturated heterocycles. The van der Waals surface area contributed by atoms with Crippen LogP contribution < -0.4 is 21.1 Å². The molecule has 2 heterocycles. The molecule has 226 valence electrons. The number of benzene rings is 1. The van der Waals surface area contributed by atoms with Crippen LogP contribution in [0, 0.1) is 6.92 Å². The van der Waals surface area contributed by atoms with Gasteiger partial charge in [-0.15, -0.1) is 0 Å². The number of methoxy groups -OCH3 is 1. The Bertz CT molecular complexity index is 1470. The predicted octanol–water partition coefficient (Wildman–Crippen LogP) is 3.87. The summed E-state index contributed by atoms with van der Waals surface area (Å²) in [6.07, 6.45) is 2.31. The number of amides is 3. The minimum absolute atomic E-state index is 0.0836. The second-order valence-corrected chi connectivity index (χ2v) is 8.63. The van der Waals surface area contributed by atoms with Crippen LogP contribution in [0.25, 0.3) is 11.0 Å². The number of aromatic nitrogens is 4. The second-order valence-electron chi connectivity index (χ2n) is 8.63. The smallest absolute Gasteiger partial charge is 0.435 e. The lowest BCUT2D eigenvalue weighted by Gasteiger charge is -2.12. The zero-order chi connectivity index (χ0) is 31.4. The van der Waals surface area contributed by atoms with Crippen LogP contribution in [0.3, 0.4) is 0 Å². The number of aryl methyl sites for hydroxylation is 3. The van der Waals surface area contributed by atoms with Gasteiger partial charge in [0.05, 0.1) is 12.6 Å². The molecule has 15 heteroatoms. The summed E-state index contributed by atoms with van der Waals surface area (Å²) in [5.41, 5.74) is 6.70. The third-order valence-corrected chi connectivity index (χ3v) is 5.57. The van der Waals surface area contributed by atoms with Crippen LogP contribution in [-0.2, 0) is 29.3 Å². The topological polar surface area (TPSA) is 155 Å². The van der Waals surface area contributed by atoms with Crippen LogP contribution >= 0.6 is 0 Å². The Kier molecular flexibility index (Phi) is 11.9. The minimum atomic E-state index is -4.33. The van der Waals surface area contributed by atoms with Crippen molar-refractivity contribution in [3.05, 3.63) is 72.1 Å². The minimum Gasteiger partial charge on any atom is -0.494 e. The number of ether oxygens (including phenoxy) is 2. The summed E-state index contributed by atoms with van der Waals surface area (Å²) in [5, 5.41) is 8.46. The van der Waals surface area contributed by atoms with Crippen molar-refractivity contribution < 1.29 is 37.0 Å². The van der Waals surface area contributed by atoms with E-state index in [0.29, 0.717) is 42.7 Å². The number of hydrogen-bond acceptors (Lipinski definition) is 7. The van der Waals surface area contributed by atoms with Gasteiger partial charge in [0.1, 0.15) is 17.9 Å². The van der Waals surface area contributed by atoms with E-state index in [1.807, 2.05) is 0 Å². The lowest BCUT2D eigenvalue weighted by molar-refractivity contribution is -0.141. The van der Waals surface area contributed by atoms with Crippen molar-refractivity contribution in [2.45, 2.75) is 26.1 Å². The number of carbonyl (C=O) groups excluding carboxylic acids is 3. The molecule has 0 unspecified atom stereocenters. The molecule has 0 radical (unpaired) electrons. The number of fused-ring (bicyclic) bond motifs is 1. The molecule has 0 atom stereocenters. The van der Waals surface area contributed by atoms with Crippen LogP contribution in [0.5, 0.6) is 5.75 Å². The zero-order valence-electron chi connectivity index (χ0n) is 23.3. The van der Waals surface area contributed by atoms with Gasteiger partial charge in [0.25, 0.3) is 0 Å². The fraction of sp³-hybridized carbons (Fsp3) is 0.296. The first-order valence-corrected chi connectivity index (χ1v) is 12.4. The number of alkyl halides is 3. The molecule has 0 fully saturated rings. The van der Waals surface area contributed by atoms with Crippen LogP contribution in [0.15, 0.2) is 55.3 Å². The normalized spacial score (nSPS) is 11.2. The van der Waals surface area contributed by atoms with Crippen molar-refractivity contribution in [1.82, 2.24) is 24.6 Å². The first-order valence-electron chi connectivity index (χ1n) is 12.4. The average Bonchev–Trinajstić information content (AvgIpc) is 3.47. The fourth-order valence-corrected chi connectivity index (χ4v) is 3.75. The Balaban J connectivity index is 0.000000468. The number of nitrogens with zero attached hydrogens (tertiary/aromatic N) is 4. The van der Waals surface area contributed by atoms with Gasteiger partial charge in [-0.05, 0) is 36.6 Å². The van der Waals surface area contributed by atoms with E-state index in [-0.39, 0.29) is 23.7 Å². The first-order chi connectivity index (χ1) is 19.9. The highest BCUT2D eigenvalue weighted by atomic mass is 19.4. The fourth-order valence-electron chi connectivity index (χ4n) is 3.75. The lowest BCUT2D eigenvalue weighted by Crippen LogP contribution is -2.26. The highest BCUT2D eigenvalue weighted by Gasteiger charge is 2.35. The quantitative estimate of drug-likeness (QED) is 0.164. The van der Waals surface area contributed by atoms with E-state index in [4.69, 9.17) is 15.2 Å². The Labute approximate surface area is 239 Å². The second kappa shape index (κ2) is 15.1. The van der Waals surface area contributed by atoms with Gasteiger partial charge in [-0.2, -0.15) is 18.3 Å². The molecule has 0 saturated carbocycles. The van der Waals surface area contributed by atoms with Gasteiger partial charge in [-0.25, -0.2) is 9.78 Å². The number of primary amides is 1. The maximum atomic E-state index is 12.0. The molecule has 3 amide bonds. The van der Waals surface area contributed by atoms with Gasteiger partial charge in [-0.1, -0.05) is 31.4 Å². The molecule has 1 aromatic carbocycles. The third-order valence-electron chi connectivity index (χ3n) is 5.57. The number of hydrogen-bond donors (Lipinski definition) is 3. The van der Waals surface area contributed by atoms with Crippen molar-refractivity contribution in [2.24, 2.45) is 12.8 Å².